The maximum Gasteiger partial charge on any atom is 0.303 e. The van der Waals surface area contributed by atoms with E-state index in [0.717, 1.165) is 11.1 Å². The van der Waals surface area contributed by atoms with Gasteiger partial charge >= 0.3 is 5.97 Å². The molecule has 1 rings (SSSR count). The number of nitrogens with one attached hydrogen (secondary N) is 1. The van der Waals surface area contributed by atoms with Crippen LogP contribution in [0.3, 0.4) is 0 Å². The zero-order valence-corrected chi connectivity index (χ0v) is 13.0. The van der Waals surface area contributed by atoms with Crippen LogP contribution in [-0.2, 0) is 14.8 Å². The van der Waals surface area contributed by atoms with Gasteiger partial charge in [0.05, 0.1) is 4.90 Å². The second-order valence-corrected chi connectivity index (χ2v) is 7.31. The van der Waals surface area contributed by atoms with E-state index in [2.05, 4.69) is 4.72 Å². The third-order valence-corrected chi connectivity index (χ3v) is 4.86. The van der Waals surface area contributed by atoms with Gasteiger partial charge in [-0.3, -0.25) is 4.79 Å². The number of benzene rings is 1. The Kier molecular flexibility index (Phi) is 4.94. The van der Waals surface area contributed by atoms with Crippen LogP contribution in [0.1, 0.15) is 37.8 Å². The Morgan fingerprint density at radius 3 is 2.35 bits per heavy atom. The van der Waals surface area contributed by atoms with E-state index in [1.165, 1.54) is 0 Å². The van der Waals surface area contributed by atoms with Crippen LogP contribution in [0.4, 0.5) is 0 Å². The Hall–Kier alpha value is -1.40. The van der Waals surface area contributed by atoms with Crippen LogP contribution in [0.2, 0.25) is 0 Å². The van der Waals surface area contributed by atoms with E-state index in [-0.39, 0.29) is 17.7 Å². The highest BCUT2D eigenvalue weighted by atomic mass is 32.2. The van der Waals surface area contributed by atoms with Crippen LogP contribution in [0, 0.1) is 13.8 Å². The molecule has 2 N–H and O–H groups in total. The number of carbonyl (C=O) groups is 1. The Labute approximate surface area is 120 Å². The minimum atomic E-state index is -3.65. The number of aliphatic carboxylic acids is 1. The lowest BCUT2D eigenvalue weighted by Gasteiger charge is -2.25. The van der Waals surface area contributed by atoms with Crippen molar-refractivity contribution >= 4 is 16.0 Å². The number of sulfonamides is 1. The molecule has 1 aromatic carbocycles. The van der Waals surface area contributed by atoms with Crippen molar-refractivity contribution in [3.05, 3.63) is 29.3 Å². The van der Waals surface area contributed by atoms with E-state index in [0.29, 0.717) is 0 Å². The molecule has 0 heterocycles. The van der Waals surface area contributed by atoms with Gasteiger partial charge in [-0.05, 0) is 57.4 Å². The van der Waals surface area contributed by atoms with Crippen molar-refractivity contribution < 1.29 is 18.3 Å². The molecule has 6 heteroatoms. The first kappa shape index (κ1) is 16.7. The lowest BCUT2D eigenvalue weighted by molar-refractivity contribution is -0.137. The Morgan fingerprint density at radius 2 is 1.85 bits per heavy atom. The maximum atomic E-state index is 12.3. The molecule has 0 aliphatic carbocycles. The summed E-state index contributed by atoms with van der Waals surface area (Å²) in [5, 5.41) is 8.68. The Bertz CT molecular complexity index is 606. The van der Waals surface area contributed by atoms with E-state index in [1.54, 1.807) is 32.0 Å². The third kappa shape index (κ3) is 4.61. The predicted molar refractivity (Wildman–Crippen MR) is 77.2 cm³/mol. The molecule has 0 radical (unpaired) electrons. The molecule has 112 valence electrons. The fourth-order valence-electron chi connectivity index (χ4n) is 1.77. The summed E-state index contributed by atoms with van der Waals surface area (Å²) in [5.41, 5.74) is 1.11. The lowest BCUT2D eigenvalue weighted by atomic mass is 10.0. The summed E-state index contributed by atoms with van der Waals surface area (Å²) in [5.74, 6) is -0.941. The van der Waals surface area contributed by atoms with E-state index < -0.39 is 21.5 Å². The maximum absolute atomic E-state index is 12.3. The second kappa shape index (κ2) is 5.93. The van der Waals surface area contributed by atoms with Crippen molar-refractivity contribution in [3.8, 4) is 0 Å². The monoisotopic (exact) mass is 299 g/mol. The SMILES string of the molecule is Cc1ccc(S(=O)(=O)NC(C)(C)CCC(=O)O)cc1C. The average molecular weight is 299 g/mol. The summed E-state index contributed by atoms with van der Waals surface area (Å²) in [6.45, 7) is 7.11. The van der Waals surface area contributed by atoms with E-state index in [1.807, 2.05) is 13.8 Å². The van der Waals surface area contributed by atoms with Gasteiger partial charge in [0.2, 0.25) is 10.0 Å². The van der Waals surface area contributed by atoms with Crippen molar-refractivity contribution in [2.24, 2.45) is 0 Å². The van der Waals surface area contributed by atoms with Crippen LogP contribution in [0.15, 0.2) is 23.1 Å². The molecule has 0 bridgehead atoms. The molecule has 1 aromatic rings. The average Bonchev–Trinajstić information content (AvgIpc) is 2.29. The summed E-state index contributed by atoms with van der Waals surface area (Å²) in [7, 11) is -3.65. The van der Waals surface area contributed by atoms with Gasteiger partial charge < -0.3 is 5.11 Å². The Morgan fingerprint density at radius 1 is 1.25 bits per heavy atom. The highest BCUT2D eigenvalue weighted by molar-refractivity contribution is 7.89. The van der Waals surface area contributed by atoms with Crippen LogP contribution in [-0.4, -0.2) is 25.0 Å². The molecule has 0 spiro atoms. The minimum absolute atomic E-state index is 0.0809. The molecule has 0 unspecified atom stereocenters. The second-order valence-electron chi connectivity index (χ2n) is 5.63. The van der Waals surface area contributed by atoms with Crippen molar-refractivity contribution in [2.75, 3.05) is 0 Å². The number of carboxylic acids is 1. The van der Waals surface area contributed by atoms with Crippen LogP contribution in [0.25, 0.3) is 0 Å². The molecule has 5 nitrogen and oxygen atoms in total. The highest BCUT2D eigenvalue weighted by Crippen LogP contribution is 2.19. The molecule has 0 atom stereocenters. The fourth-order valence-corrected chi connectivity index (χ4v) is 3.30. The largest absolute Gasteiger partial charge is 0.481 e. The molecule has 0 fully saturated rings. The van der Waals surface area contributed by atoms with E-state index >= 15 is 0 Å². The summed E-state index contributed by atoms with van der Waals surface area (Å²) >= 11 is 0. The smallest absolute Gasteiger partial charge is 0.303 e. The zero-order chi connectivity index (χ0) is 15.6. The molecular weight excluding hydrogens is 278 g/mol. The Balaban J connectivity index is 2.93. The molecule has 20 heavy (non-hydrogen) atoms. The summed E-state index contributed by atoms with van der Waals surface area (Å²) in [6, 6.07) is 4.93. The highest BCUT2D eigenvalue weighted by Gasteiger charge is 2.26. The van der Waals surface area contributed by atoms with Crippen LogP contribution in [0.5, 0.6) is 0 Å². The summed E-state index contributed by atoms with van der Waals surface area (Å²) in [6.07, 6.45) is 0.148. The summed E-state index contributed by atoms with van der Waals surface area (Å²) < 4.78 is 27.2. The minimum Gasteiger partial charge on any atom is -0.481 e. The van der Waals surface area contributed by atoms with Gasteiger partial charge in [0, 0.05) is 12.0 Å². The van der Waals surface area contributed by atoms with E-state index in [9.17, 15) is 13.2 Å². The molecule has 0 aliphatic rings. The first-order chi connectivity index (χ1) is 9.03. The standard InChI is InChI=1S/C14H21NO4S/c1-10-5-6-12(9-11(10)2)20(18,19)15-14(3,4)8-7-13(16)17/h5-6,9,15H,7-8H2,1-4H3,(H,16,17). The topological polar surface area (TPSA) is 83.5 Å². The molecular formula is C14H21NO4S. The molecule has 0 amide bonds. The van der Waals surface area contributed by atoms with Gasteiger partial charge in [-0.2, -0.15) is 0 Å². The van der Waals surface area contributed by atoms with Gasteiger partial charge in [0.1, 0.15) is 0 Å². The van der Waals surface area contributed by atoms with Gasteiger partial charge in [0.15, 0.2) is 0 Å². The predicted octanol–water partition coefficient (Wildman–Crippen LogP) is 2.23. The van der Waals surface area contributed by atoms with Crippen molar-refractivity contribution in [2.45, 2.75) is 51.0 Å². The quantitative estimate of drug-likeness (QED) is 0.843. The van der Waals surface area contributed by atoms with Gasteiger partial charge in [-0.15, -0.1) is 0 Å². The molecule has 0 aromatic heterocycles. The van der Waals surface area contributed by atoms with Crippen molar-refractivity contribution in [1.29, 1.82) is 0 Å². The van der Waals surface area contributed by atoms with Crippen LogP contribution >= 0.6 is 0 Å². The number of carboxylic acid groups (broad SMARTS) is 1. The molecule has 0 aliphatic heterocycles. The molecule has 0 saturated heterocycles. The van der Waals surface area contributed by atoms with Crippen molar-refractivity contribution in [1.82, 2.24) is 4.72 Å². The normalized spacial score (nSPS) is 12.4. The lowest BCUT2D eigenvalue weighted by Crippen LogP contribution is -2.43. The van der Waals surface area contributed by atoms with Crippen molar-refractivity contribution in [3.63, 3.8) is 0 Å². The van der Waals surface area contributed by atoms with Gasteiger partial charge in [0.25, 0.3) is 0 Å². The summed E-state index contributed by atoms with van der Waals surface area (Å²) in [4.78, 5) is 10.8. The fraction of sp³-hybridized carbons (Fsp3) is 0.500. The molecule has 0 saturated carbocycles. The van der Waals surface area contributed by atoms with Crippen LogP contribution < -0.4 is 4.72 Å². The first-order valence-corrected chi connectivity index (χ1v) is 7.85. The van der Waals surface area contributed by atoms with Gasteiger partial charge in [-0.1, -0.05) is 6.07 Å². The van der Waals surface area contributed by atoms with E-state index in [4.69, 9.17) is 5.11 Å². The van der Waals surface area contributed by atoms with Gasteiger partial charge in [-0.25, -0.2) is 13.1 Å². The number of hydrogen-bond donors (Lipinski definition) is 2. The first-order valence-electron chi connectivity index (χ1n) is 6.36. The third-order valence-electron chi connectivity index (χ3n) is 3.16. The number of aryl methyl sites for hydroxylation is 2. The number of hydrogen-bond acceptors (Lipinski definition) is 3. The zero-order valence-electron chi connectivity index (χ0n) is 12.2. The number of rotatable bonds is 6.